The van der Waals surface area contributed by atoms with Crippen LogP contribution in [0.4, 0.5) is 4.39 Å². The fraction of sp³-hybridized carbons (Fsp3) is 0.227. The van der Waals surface area contributed by atoms with Crippen LogP contribution in [0.1, 0.15) is 29.9 Å². The number of carbonyl (C=O) groups excluding carboxylic acids is 1. The number of hydrogen-bond acceptors (Lipinski definition) is 4. The zero-order valence-corrected chi connectivity index (χ0v) is 17.2. The number of thiocarbonyl (C=S) groups is 1. The highest BCUT2D eigenvalue weighted by molar-refractivity contribution is 7.80. The molecule has 1 aromatic carbocycles. The van der Waals surface area contributed by atoms with Gasteiger partial charge in [-0.3, -0.25) is 9.78 Å². The van der Waals surface area contributed by atoms with Gasteiger partial charge < -0.3 is 19.5 Å². The first-order valence-electron chi connectivity index (χ1n) is 9.56. The molecule has 0 spiro atoms. The minimum Gasteiger partial charge on any atom is -0.469 e. The molecule has 0 aliphatic carbocycles. The summed E-state index contributed by atoms with van der Waals surface area (Å²) in [7, 11) is 1.37. The van der Waals surface area contributed by atoms with Crippen LogP contribution in [-0.2, 0) is 9.53 Å². The number of ether oxygens (including phenoxy) is 1. The zero-order valence-electron chi connectivity index (χ0n) is 16.4. The number of aromatic nitrogens is 2. The number of pyridine rings is 1. The molecule has 1 aliphatic rings. The predicted octanol–water partition coefficient (Wildman–Crippen LogP) is 3.55. The maximum atomic E-state index is 13.9. The topological polar surface area (TPSA) is 59.4 Å². The largest absolute Gasteiger partial charge is 0.469 e. The molecule has 3 heterocycles. The van der Waals surface area contributed by atoms with Gasteiger partial charge in [0, 0.05) is 30.3 Å². The molecule has 0 amide bonds. The molecule has 0 radical (unpaired) electrons. The van der Waals surface area contributed by atoms with Crippen LogP contribution in [0.2, 0.25) is 0 Å². The summed E-state index contributed by atoms with van der Waals surface area (Å²) in [5, 5.41) is 3.88. The lowest BCUT2D eigenvalue weighted by atomic mass is 10.0. The van der Waals surface area contributed by atoms with E-state index >= 15 is 0 Å². The van der Waals surface area contributed by atoms with Crippen LogP contribution >= 0.6 is 12.2 Å². The molecule has 1 aliphatic heterocycles. The number of methoxy groups -OCH3 is 1. The van der Waals surface area contributed by atoms with Crippen LogP contribution in [0.3, 0.4) is 0 Å². The fourth-order valence-electron chi connectivity index (χ4n) is 3.78. The van der Waals surface area contributed by atoms with E-state index in [9.17, 15) is 9.18 Å². The highest BCUT2D eigenvalue weighted by Gasteiger charge is 2.41. The van der Waals surface area contributed by atoms with E-state index in [1.54, 1.807) is 12.3 Å². The van der Waals surface area contributed by atoms with Gasteiger partial charge in [-0.2, -0.15) is 0 Å². The van der Waals surface area contributed by atoms with E-state index < -0.39 is 0 Å². The second kappa shape index (κ2) is 8.62. The summed E-state index contributed by atoms with van der Waals surface area (Å²) in [6.45, 7) is 0.390. The summed E-state index contributed by atoms with van der Waals surface area (Å²) in [5.41, 5.74) is 2.45. The summed E-state index contributed by atoms with van der Waals surface area (Å²) < 4.78 is 20.6. The van der Waals surface area contributed by atoms with E-state index in [0.29, 0.717) is 17.3 Å². The van der Waals surface area contributed by atoms with Gasteiger partial charge in [-0.15, -0.1) is 0 Å². The molecule has 0 bridgehead atoms. The molecule has 8 heteroatoms. The molecule has 0 unspecified atom stereocenters. The Balaban J connectivity index is 1.76. The quantitative estimate of drug-likeness (QED) is 0.483. The van der Waals surface area contributed by atoms with Crippen molar-refractivity contribution in [3.8, 4) is 5.69 Å². The van der Waals surface area contributed by atoms with E-state index in [0.717, 1.165) is 11.4 Å². The number of carbonyl (C=O) groups is 1. The molecule has 4 rings (SSSR count). The van der Waals surface area contributed by atoms with Gasteiger partial charge in [-0.25, -0.2) is 4.39 Å². The Morgan fingerprint density at radius 1 is 1.23 bits per heavy atom. The van der Waals surface area contributed by atoms with Crippen molar-refractivity contribution in [3.63, 3.8) is 0 Å². The van der Waals surface area contributed by atoms with Crippen LogP contribution in [0.5, 0.6) is 0 Å². The molecule has 3 aromatic rings. The number of benzene rings is 1. The summed E-state index contributed by atoms with van der Waals surface area (Å²) in [6.07, 6.45) is 3.82. The molecule has 1 fully saturated rings. The van der Waals surface area contributed by atoms with Crippen molar-refractivity contribution in [2.45, 2.75) is 18.5 Å². The van der Waals surface area contributed by atoms with Gasteiger partial charge in [0.05, 0.1) is 31.3 Å². The number of halogens is 1. The van der Waals surface area contributed by atoms with Crippen LogP contribution in [-0.4, -0.2) is 39.2 Å². The smallest absolute Gasteiger partial charge is 0.307 e. The number of esters is 1. The average Bonchev–Trinajstić information content (AvgIpc) is 3.36. The first-order valence-corrected chi connectivity index (χ1v) is 9.97. The van der Waals surface area contributed by atoms with Crippen molar-refractivity contribution in [2.75, 3.05) is 13.7 Å². The Labute approximate surface area is 179 Å². The van der Waals surface area contributed by atoms with E-state index in [1.165, 1.54) is 19.2 Å². The normalized spacial score (nSPS) is 18.3. The minimum atomic E-state index is -0.309. The lowest BCUT2D eigenvalue weighted by Crippen LogP contribution is -2.32. The molecule has 2 aromatic heterocycles. The number of nitrogens with one attached hydrogen (secondary N) is 1. The van der Waals surface area contributed by atoms with Crippen molar-refractivity contribution >= 4 is 23.3 Å². The van der Waals surface area contributed by atoms with Crippen LogP contribution in [0, 0.1) is 5.82 Å². The minimum absolute atomic E-state index is 0.199. The van der Waals surface area contributed by atoms with E-state index in [2.05, 4.69) is 10.3 Å². The molecule has 1 saturated heterocycles. The second-order valence-corrected chi connectivity index (χ2v) is 7.32. The summed E-state index contributed by atoms with van der Waals surface area (Å²) in [4.78, 5) is 18.3. The summed E-state index contributed by atoms with van der Waals surface area (Å²) >= 11 is 5.60. The maximum Gasteiger partial charge on any atom is 0.307 e. The molecule has 1 N–H and O–H groups in total. The molecular weight excluding hydrogens is 403 g/mol. The Hall–Kier alpha value is -3.26. The van der Waals surface area contributed by atoms with E-state index in [4.69, 9.17) is 17.0 Å². The van der Waals surface area contributed by atoms with Crippen LogP contribution in [0.25, 0.3) is 5.69 Å². The fourth-order valence-corrected chi connectivity index (χ4v) is 4.11. The van der Waals surface area contributed by atoms with Gasteiger partial charge in [0.1, 0.15) is 5.82 Å². The van der Waals surface area contributed by atoms with Crippen molar-refractivity contribution < 1.29 is 13.9 Å². The van der Waals surface area contributed by atoms with Crippen molar-refractivity contribution in [1.29, 1.82) is 0 Å². The Morgan fingerprint density at radius 3 is 2.83 bits per heavy atom. The molecular formula is C22H21FN4O2S. The third-order valence-electron chi connectivity index (χ3n) is 5.15. The van der Waals surface area contributed by atoms with Gasteiger partial charge in [0.25, 0.3) is 0 Å². The van der Waals surface area contributed by atoms with Gasteiger partial charge in [-0.1, -0.05) is 12.1 Å². The average molecular weight is 425 g/mol. The lowest BCUT2D eigenvalue weighted by molar-refractivity contribution is -0.140. The number of rotatable bonds is 6. The monoisotopic (exact) mass is 424 g/mol. The van der Waals surface area contributed by atoms with Gasteiger partial charge >= 0.3 is 5.97 Å². The standard InChI is InChI=1S/C22H21FN4O2S/c1-29-19(28)10-13-27-21(20(25-22(27)30)17-8-2-3-11-24-17)18-9-5-12-26(18)16-7-4-6-15(23)14-16/h2-9,11-12,14,20-21H,10,13H2,1H3,(H,25,30)/t20-,21-/m0/s1. The van der Waals surface area contributed by atoms with Gasteiger partial charge in [0.2, 0.25) is 0 Å². The molecule has 154 valence electrons. The highest BCUT2D eigenvalue weighted by Crippen LogP contribution is 2.39. The van der Waals surface area contributed by atoms with Crippen molar-refractivity contribution in [1.82, 2.24) is 19.8 Å². The Kier molecular flexibility index (Phi) is 5.76. The zero-order chi connectivity index (χ0) is 21.1. The van der Waals surface area contributed by atoms with Crippen molar-refractivity contribution in [2.24, 2.45) is 0 Å². The first-order chi connectivity index (χ1) is 14.6. The lowest BCUT2D eigenvalue weighted by Gasteiger charge is -2.28. The molecule has 2 atom stereocenters. The predicted molar refractivity (Wildman–Crippen MR) is 115 cm³/mol. The van der Waals surface area contributed by atoms with E-state index in [-0.39, 0.29) is 30.3 Å². The SMILES string of the molecule is COC(=O)CCN1C(=S)N[C@@H](c2ccccn2)[C@@H]1c1cccn1-c1cccc(F)c1. The third-order valence-corrected chi connectivity index (χ3v) is 5.50. The maximum absolute atomic E-state index is 13.9. The van der Waals surface area contributed by atoms with Gasteiger partial charge in [0.15, 0.2) is 5.11 Å². The van der Waals surface area contributed by atoms with Crippen LogP contribution in [0.15, 0.2) is 67.0 Å². The van der Waals surface area contributed by atoms with E-state index in [1.807, 2.05) is 52.1 Å². The third kappa shape index (κ3) is 3.91. The summed E-state index contributed by atoms with van der Waals surface area (Å²) in [6, 6.07) is 15.6. The van der Waals surface area contributed by atoms with Crippen molar-refractivity contribution in [3.05, 3.63) is 84.2 Å². The number of hydrogen-bond donors (Lipinski definition) is 1. The number of nitrogens with zero attached hydrogens (tertiary/aromatic N) is 3. The van der Waals surface area contributed by atoms with Crippen LogP contribution < -0.4 is 5.32 Å². The highest BCUT2D eigenvalue weighted by atomic mass is 32.1. The van der Waals surface area contributed by atoms with Gasteiger partial charge in [-0.05, 0) is 54.7 Å². The Bertz CT molecular complexity index is 1060. The molecule has 0 saturated carbocycles. The first kappa shape index (κ1) is 20.0. The molecule has 6 nitrogen and oxygen atoms in total. The Morgan fingerprint density at radius 2 is 2.10 bits per heavy atom. The second-order valence-electron chi connectivity index (χ2n) is 6.93. The summed E-state index contributed by atoms with van der Waals surface area (Å²) in [5.74, 6) is -0.616. The molecule has 30 heavy (non-hydrogen) atoms.